The number of hydrogen-bond donors (Lipinski definition) is 0. The number of amides is 1. The normalized spacial score (nSPS) is 21.8. The fourth-order valence-electron chi connectivity index (χ4n) is 3.47. The second-order valence-corrected chi connectivity index (χ2v) is 6.78. The van der Waals surface area contributed by atoms with Crippen LogP contribution in [0.25, 0.3) is 0 Å². The van der Waals surface area contributed by atoms with Crippen LogP contribution in [0, 0.1) is 5.41 Å². The Morgan fingerprint density at radius 2 is 1.84 bits per heavy atom. The van der Waals surface area contributed by atoms with Gasteiger partial charge in [-0.25, -0.2) is 4.98 Å². The van der Waals surface area contributed by atoms with E-state index >= 15 is 0 Å². The van der Waals surface area contributed by atoms with Gasteiger partial charge in [0.05, 0.1) is 0 Å². The van der Waals surface area contributed by atoms with Crippen molar-refractivity contribution in [1.82, 2.24) is 9.88 Å². The van der Waals surface area contributed by atoms with Crippen LogP contribution in [0.3, 0.4) is 0 Å². The highest BCUT2D eigenvalue weighted by molar-refractivity contribution is 9.10. The molecular weight excluding hydrogens is 304 g/mol. The van der Waals surface area contributed by atoms with Crippen LogP contribution >= 0.6 is 15.9 Å². The van der Waals surface area contributed by atoms with Crippen LogP contribution in [0.4, 0.5) is 0 Å². The zero-order valence-corrected chi connectivity index (χ0v) is 12.7. The summed E-state index contributed by atoms with van der Waals surface area (Å²) in [6.07, 6.45) is 9.53. The second kappa shape index (κ2) is 5.23. The molecule has 1 aliphatic carbocycles. The summed E-state index contributed by atoms with van der Waals surface area (Å²) in [7, 11) is 0. The Balaban J connectivity index is 1.64. The van der Waals surface area contributed by atoms with Crippen LogP contribution < -0.4 is 0 Å². The zero-order chi connectivity index (χ0) is 13.3. The Morgan fingerprint density at radius 1 is 1.16 bits per heavy atom. The fourth-order valence-corrected chi connectivity index (χ4v) is 3.71. The number of aromatic nitrogens is 1. The summed E-state index contributed by atoms with van der Waals surface area (Å²) < 4.78 is 0.910. The van der Waals surface area contributed by atoms with Crippen molar-refractivity contribution in [3.8, 4) is 0 Å². The molecular formula is C15H19BrN2O. The molecule has 102 valence electrons. The number of carbonyl (C=O) groups is 1. The van der Waals surface area contributed by atoms with Crippen molar-refractivity contribution in [3.63, 3.8) is 0 Å². The lowest BCUT2D eigenvalue weighted by Gasteiger charge is -2.39. The van der Waals surface area contributed by atoms with Gasteiger partial charge in [0.15, 0.2) is 0 Å². The summed E-state index contributed by atoms with van der Waals surface area (Å²) in [6.45, 7) is 1.80. The first-order valence-electron chi connectivity index (χ1n) is 7.09. The van der Waals surface area contributed by atoms with Gasteiger partial charge in [-0.05, 0) is 59.2 Å². The van der Waals surface area contributed by atoms with Crippen molar-refractivity contribution in [2.75, 3.05) is 13.1 Å². The molecule has 2 fully saturated rings. The molecule has 4 heteroatoms. The Hall–Kier alpha value is -0.900. The van der Waals surface area contributed by atoms with Crippen LogP contribution in [0.15, 0.2) is 22.8 Å². The molecule has 1 saturated heterocycles. The highest BCUT2D eigenvalue weighted by atomic mass is 79.9. The molecule has 1 saturated carbocycles. The Bertz CT molecular complexity index is 456. The lowest BCUT2D eigenvalue weighted by atomic mass is 9.77. The SMILES string of the molecule is O=C(c1ccc(Br)cn1)N1CCC2(CCCC2)CC1. The first-order chi connectivity index (χ1) is 9.19. The molecule has 3 rings (SSSR count). The van der Waals surface area contributed by atoms with Gasteiger partial charge in [-0.15, -0.1) is 0 Å². The van der Waals surface area contributed by atoms with Crippen LogP contribution in [-0.4, -0.2) is 28.9 Å². The third-order valence-electron chi connectivity index (χ3n) is 4.72. The largest absolute Gasteiger partial charge is 0.337 e. The van der Waals surface area contributed by atoms with Gasteiger partial charge < -0.3 is 4.90 Å². The van der Waals surface area contributed by atoms with Gasteiger partial charge in [-0.3, -0.25) is 4.79 Å². The van der Waals surface area contributed by atoms with Crippen LogP contribution in [0.2, 0.25) is 0 Å². The number of hydrogen-bond acceptors (Lipinski definition) is 2. The fraction of sp³-hybridized carbons (Fsp3) is 0.600. The molecule has 1 aliphatic heterocycles. The first-order valence-corrected chi connectivity index (χ1v) is 7.89. The molecule has 1 amide bonds. The molecule has 0 radical (unpaired) electrons. The number of carbonyl (C=O) groups excluding carboxylic acids is 1. The van der Waals surface area contributed by atoms with Gasteiger partial charge in [-0.2, -0.15) is 0 Å². The van der Waals surface area contributed by atoms with Crippen LogP contribution in [-0.2, 0) is 0 Å². The van der Waals surface area contributed by atoms with E-state index in [1.807, 2.05) is 11.0 Å². The lowest BCUT2D eigenvalue weighted by Crippen LogP contribution is -2.42. The van der Waals surface area contributed by atoms with Gasteiger partial charge in [0.2, 0.25) is 0 Å². The Morgan fingerprint density at radius 3 is 2.42 bits per heavy atom. The molecule has 2 heterocycles. The van der Waals surface area contributed by atoms with E-state index < -0.39 is 0 Å². The maximum Gasteiger partial charge on any atom is 0.272 e. The second-order valence-electron chi connectivity index (χ2n) is 5.86. The molecule has 0 unspecified atom stereocenters. The summed E-state index contributed by atoms with van der Waals surface area (Å²) in [5.74, 6) is 0.0837. The van der Waals surface area contributed by atoms with E-state index in [1.54, 1.807) is 12.3 Å². The summed E-state index contributed by atoms with van der Waals surface area (Å²) in [6, 6.07) is 3.68. The maximum atomic E-state index is 12.4. The lowest BCUT2D eigenvalue weighted by molar-refractivity contribution is 0.0582. The van der Waals surface area contributed by atoms with Crippen molar-refractivity contribution < 1.29 is 4.79 Å². The first kappa shape index (κ1) is 13.1. The summed E-state index contributed by atoms with van der Waals surface area (Å²) in [5, 5.41) is 0. The average molecular weight is 323 g/mol. The number of piperidine rings is 1. The van der Waals surface area contributed by atoms with Gasteiger partial charge in [0, 0.05) is 23.8 Å². The number of pyridine rings is 1. The zero-order valence-electron chi connectivity index (χ0n) is 11.1. The molecule has 19 heavy (non-hydrogen) atoms. The van der Waals surface area contributed by atoms with Crippen molar-refractivity contribution in [1.29, 1.82) is 0 Å². The van der Waals surface area contributed by atoms with Crippen LogP contribution in [0.1, 0.15) is 49.0 Å². The minimum atomic E-state index is 0.0837. The monoisotopic (exact) mass is 322 g/mol. The molecule has 2 aliphatic rings. The van der Waals surface area contributed by atoms with Gasteiger partial charge >= 0.3 is 0 Å². The third-order valence-corrected chi connectivity index (χ3v) is 5.19. The van der Waals surface area contributed by atoms with E-state index in [2.05, 4.69) is 20.9 Å². The van der Waals surface area contributed by atoms with Gasteiger partial charge in [0.25, 0.3) is 5.91 Å². The molecule has 0 N–H and O–H groups in total. The quantitative estimate of drug-likeness (QED) is 0.790. The van der Waals surface area contributed by atoms with Crippen molar-refractivity contribution >= 4 is 21.8 Å². The van der Waals surface area contributed by atoms with Crippen molar-refractivity contribution in [3.05, 3.63) is 28.5 Å². The van der Waals surface area contributed by atoms with Crippen molar-refractivity contribution in [2.24, 2.45) is 5.41 Å². The molecule has 1 aromatic heterocycles. The molecule has 0 bridgehead atoms. The standard InChI is InChI=1S/C15H19BrN2O/c16-12-3-4-13(17-11-12)14(19)18-9-7-15(8-10-18)5-1-2-6-15/h3-4,11H,1-2,5-10H2. The van der Waals surface area contributed by atoms with Gasteiger partial charge in [0.1, 0.15) is 5.69 Å². The summed E-state index contributed by atoms with van der Waals surface area (Å²) >= 11 is 3.34. The number of nitrogens with zero attached hydrogens (tertiary/aromatic N) is 2. The number of likely N-dealkylation sites (tertiary alicyclic amines) is 1. The van der Waals surface area contributed by atoms with Crippen LogP contribution in [0.5, 0.6) is 0 Å². The predicted molar refractivity (Wildman–Crippen MR) is 78.0 cm³/mol. The minimum absolute atomic E-state index is 0.0837. The Kier molecular flexibility index (Phi) is 3.61. The third kappa shape index (κ3) is 2.69. The molecule has 1 aromatic rings. The smallest absolute Gasteiger partial charge is 0.272 e. The summed E-state index contributed by atoms with van der Waals surface area (Å²) in [4.78, 5) is 18.5. The summed E-state index contributed by atoms with van der Waals surface area (Å²) in [5.41, 5.74) is 1.12. The van der Waals surface area contributed by atoms with E-state index in [-0.39, 0.29) is 5.91 Å². The molecule has 3 nitrogen and oxygen atoms in total. The minimum Gasteiger partial charge on any atom is -0.337 e. The average Bonchev–Trinajstić information content (AvgIpc) is 2.88. The van der Waals surface area contributed by atoms with E-state index in [9.17, 15) is 4.79 Å². The number of halogens is 1. The topological polar surface area (TPSA) is 33.2 Å². The molecule has 0 atom stereocenters. The number of rotatable bonds is 1. The highest BCUT2D eigenvalue weighted by Gasteiger charge is 2.38. The van der Waals surface area contributed by atoms with E-state index in [4.69, 9.17) is 0 Å². The van der Waals surface area contributed by atoms with E-state index in [0.29, 0.717) is 11.1 Å². The Labute approximate surface area is 122 Å². The molecule has 1 spiro atoms. The van der Waals surface area contributed by atoms with E-state index in [0.717, 1.165) is 17.6 Å². The van der Waals surface area contributed by atoms with Crippen molar-refractivity contribution in [2.45, 2.75) is 38.5 Å². The molecule has 0 aromatic carbocycles. The maximum absolute atomic E-state index is 12.4. The van der Waals surface area contributed by atoms with Gasteiger partial charge in [-0.1, -0.05) is 12.8 Å². The van der Waals surface area contributed by atoms with E-state index in [1.165, 1.54) is 38.5 Å². The predicted octanol–water partition coefficient (Wildman–Crippen LogP) is 3.64. The highest BCUT2D eigenvalue weighted by Crippen LogP contribution is 2.46.